The van der Waals surface area contributed by atoms with E-state index in [1.165, 1.54) is 25.1 Å². The van der Waals surface area contributed by atoms with Crippen LogP contribution in [0.3, 0.4) is 0 Å². The number of hydrogen-bond acceptors (Lipinski definition) is 3. The SMILES string of the molecule is Cc1c(C(=O)c2ccc(Cl)c(F)c2)cc(C(C)(C)C)c(O)c1C(=O)O. The van der Waals surface area contributed by atoms with Gasteiger partial charge in [-0.05, 0) is 42.2 Å². The number of halogens is 2. The number of carbonyl (C=O) groups is 2. The van der Waals surface area contributed by atoms with E-state index in [0.717, 1.165) is 6.07 Å². The number of carboxylic acid groups (broad SMARTS) is 1. The van der Waals surface area contributed by atoms with Gasteiger partial charge in [-0.1, -0.05) is 32.4 Å². The summed E-state index contributed by atoms with van der Waals surface area (Å²) >= 11 is 5.64. The van der Waals surface area contributed by atoms with Gasteiger partial charge < -0.3 is 10.2 Å². The Bertz CT molecular complexity index is 882. The molecule has 0 saturated carbocycles. The zero-order valence-corrected chi connectivity index (χ0v) is 15.0. The fraction of sp³-hybridized carbons (Fsp3) is 0.263. The van der Waals surface area contributed by atoms with Crippen molar-refractivity contribution in [2.45, 2.75) is 33.1 Å². The highest BCUT2D eigenvalue weighted by Crippen LogP contribution is 2.37. The molecular weight excluding hydrogens is 347 g/mol. The highest BCUT2D eigenvalue weighted by molar-refractivity contribution is 6.30. The van der Waals surface area contributed by atoms with Crippen LogP contribution in [0.5, 0.6) is 5.75 Å². The van der Waals surface area contributed by atoms with Gasteiger partial charge in [-0.2, -0.15) is 0 Å². The van der Waals surface area contributed by atoms with Gasteiger partial charge in [-0.25, -0.2) is 9.18 Å². The van der Waals surface area contributed by atoms with Crippen molar-refractivity contribution in [1.29, 1.82) is 0 Å². The summed E-state index contributed by atoms with van der Waals surface area (Å²) in [5, 5.41) is 19.7. The number of aromatic carboxylic acids is 1. The minimum atomic E-state index is -1.34. The van der Waals surface area contributed by atoms with Crippen LogP contribution < -0.4 is 0 Å². The quantitative estimate of drug-likeness (QED) is 0.773. The fourth-order valence-corrected chi connectivity index (χ4v) is 2.75. The molecule has 0 heterocycles. The fourth-order valence-electron chi connectivity index (χ4n) is 2.63. The van der Waals surface area contributed by atoms with Crippen molar-refractivity contribution in [2.75, 3.05) is 0 Å². The maximum absolute atomic E-state index is 13.7. The molecule has 0 aromatic heterocycles. The summed E-state index contributed by atoms with van der Waals surface area (Å²) in [6.45, 7) is 6.81. The number of carbonyl (C=O) groups excluding carboxylic acids is 1. The highest BCUT2D eigenvalue weighted by atomic mass is 35.5. The number of aromatic hydroxyl groups is 1. The van der Waals surface area contributed by atoms with Gasteiger partial charge in [0.15, 0.2) is 5.78 Å². The number of rotatable bonds is 3. The van der Waals surface area contributed by atoms with Gasteiger partial charge in [-0.15, -0.1) is 0 Å². The standard InChI is InChI=1S/C19H18ClFO4/c1-9-11(16(22)10-5-6-13(20)14(21)7-10)8-12(19(2,3)4)17(23)15(9)18(24)25/h5-8,23H,1-4H3,(H,24,25). The smallest absolute Gasteiger partial charge is 0.339 e. The Labute approximate surface area is 149 Å². The summed E-state index contributed by atoms with van der Waals surface area (Å²) < 4.78 is 13.7. The lowest BCUT2D eigenvalue weighted by molar-refractivity contribution is 0.0692. The van der Waals surface area contributed by atoms with E-state index in [1.54, 1.807) is 20.8 Å². The van der Waals surface area contributed by atoms with Gasteiger partial charge in [0.2, 0.25) is 0 Å². The maximum atomic E-state index is 13.7. The molecule has 2 rings (SSSR count). The molecule has 0 unspecified atom stereocenters. The molecular formula is C19H18ClFO4. The van der Waals surface area contributed by atoms with E-state index in [9.17, 15) is 24.2 Å². The first-order chi connectivity index (χ1) is 11.4. The molecule has 0 aliphatic heterocycles. The van der Waals surface area contributed by atoms with Crippen LogP contribution in [0.1, 0.15) is 58.2 Å². The Morgan fingerprint density at radius 2 is 1.76 bits per heavy atom. The number of carboxylic acids is 1. The van der Waals surface area contributed by atoms with Crippen molar-refractivity contribution >= 4 is 23.4 Å². The van der Waals surface area contributed by atoms with Gasteiger partial charge in [-0.3, -0.25) is 4.79 Å². The Balaban J connectivity index is 2.76. The molecule has 2 aromatic carbocycles. The lowest BCUT2D eigenvalue weighted by atomic mass is 9.81. The van der Waals surface area contributed by atoms with Crippen molar-refractivity contribution in [2.24, 2.45) is 0 Å². The largest absolute Gasteiger partial charge is 0.507 e. The second kappa shape index (κ2) is 6.48. The van der Waals surface area contributed by atoms with E-state index in [-0.39, 0.29) is 33.0 Å². The Hall–Kier alpha value is -2.40. The lowest BCUT2D eigenvalue weighted by Crippen LogP contribution is -2.17. The molecule has 0 radical (unpaired) electrons. The molecule has 25 heavy (non-hydrogen) atoms. The summed E-state index contributed by atoms with van der Waals surface area (Å²) in [4.78, 5) is 24.4. The topological polar surface area (TPSA) is 74.6 Å². The zero-order chi connectivity index (χ0) is 19.1. The molecule has 0 saturated heterocycles. The predicted molar refractivity (Wildman–Crippen MR) is 93.3 cm³/mol. The van der Waals surface area contributed by atoms with E-state index >= 15 is 0 Å². The molecule has 2 aromatic rings. The molecule has 4 nitrogen and oxygen atoms in total. The maximum Gasteiger partial charge on any atom is 0.339 e. The third-order valence-electron chi connectivity index (χ3n) is 4.01. The Morgan fingerprint density at radius 3 is 2.24 bits per heavy atom. The molecule has 0 aliphatic rings. The van der Waals surface area contributed by atoms with E-state index in [4.69, 9.17) is 11.6 Å². The number of ketones is 1. The predicted octanol–water partition coefficient (Wildman–Crippen LogP) is 4.72. The van der Waals surface area contributed by atoms with Crippen LogP contribution in [0.15, 0.2) is 24.3 Å². The molecule has 0 atom stereocenters. The number of hydrogen-bond donors (Lipinski definition) is 2. The van der Waals surface area contributed by atoms with Crippen molar-refractivity contribution in [1.82, 2.24) is 0 Å². The van der Waals surface area contributed by atoms with Crippen molar-refractivity contribution in [3.63, 3.8) is 0 Å². The van der Waals surface area contributed by atoms with Crippen LogP contribution in [0.4, 0.5) is 4.39 Å². The third kappa shape index (κ3) is 3.51. The second-order valence-electron chi connectivity index (χ2n) is 6.83. The van der Waals surface area contributed by atoms with Gasteiger partial charge >= 0.3 is 5.97 Å². The van der Waals surface area contributed by atoms with Crippen molar-refractivity contribution in [3.8, 4) is 5.75 Å². The van der Waals surface area contributed by atoms with Crippen LogP contribution in [-0.2, 0) is 5.41 Å². The van der Waals surface area contributed by atoms with E-state index in [0.29, 0.717) is 5.56 Å². The monoisotopic (exact) mass is 364 g/mol. The van der Waals surface area contributed by atoms with E-state index in [2.05, 4.69) is 0 Å². The van der Waals surface area contributed by atoms with Gasteiger partial charge in [0.1, 0.15) is 17.1 Å². The minimum Gasteiger partial charge on any atom is -0.507 e. The summed E-state index contributed by atoms with van der Waals surface area (Å²) in [7, 11) is 0. The summed E-state index contributed by atoms with van der Waals surface area (Å²) in [6.07, 6.45) is 0. The normalized spacial score (nSPS) is 11.4. The van der Waals surface area contributed by atoms with Crippen molar-refractivity contribution in [3.05, 3.63) is 62.9 Å². The number of benzene rings is 2. The van der Waals surface area contributed by atoms with E-state index < -0.39 is 23.0 Å². The average molecular weight is 365 g/mol. The zero-order valence-electron chi connectivity index (χ0n) is 14.3. The van der Waals surface area contributed by atoms with Crippen LogP contribution in [-0.4, -0.2) is 22.0 Å². The summed E-state index contributed by atoms with van der Waals surface area (Å²) in [6, 6.07) is 5.11. The van der Waals surface area contributed by atoms with Gasteiger partial charge in [0.05, 0.1) is 5.02 Å². The second-order valence-corrected chi connectivity index (χ2v) is 7.24. The summed E-state index contributed by atoms with van der Waals surface area (Å²) in [5.41, 5.74) is -0.326. The molecule has 0 fully saturated rings. The first-order valence-electron chi connectivity index (χ1n) is 7.55. The highest BCUT2D eigenvalue weighted by Gasteiger charge is 2.28. The number of phenols is 1. The minimum absolute atomic E-state index is 0.0480. The first kappa shape index (κ1) is 18.9. The van der Waals surface area contributed by atoms with Crippen LogP contribution in [0.2, 0.25) is 5.02 Å². The molecule has 0 bridgehead atoms. The van der Waals surface area contributed by atoms with Crippen LogP contribution in [0, 0.1) is 12.7 Å². The molecule has 0 aliphatic carbocycles. The van der Waals surface area contributed by atoms with Crippen LogP contribution >= 0.6 is 11.6 Å². The third-order valence-corrected chi connectivity index (χ3v) is 4.31. The molecule has 132 valence electrons. The first-order valence-corrected chi connectivity index (χ1v) is 7.93. The Kier molecular flexibility index (Phi) is 4.91. The average Bonchev–Trinajstić information content (AvgIpc) is 2.48. The molecule has 0 spiro atoms. The summed E-state index contributed by atoms with van der Waals surface area (Å²) in [5.74, 6) is -2.98. The molecule has 0 amide bonds. The lowest BCUT2D eigenvalue weighted by Gasteiger charge is -2.24. The molecule has 2 N–H and O–H groups in total. The van der Waals surface area contributed by atoms with Crippen LogP contribution in [0.25, 0.3) is 0 Å². The van der Waals surface area contributed by atoms with Gasteiger partial charge in [0.25, 0.3) is 0 Å². The van der Waals surface area contributed by atoms with E-state index in [1.807, 2.05) is 0 Å². The Morgan fingerprint density at radius 1 is 1.16 bits per heavy atom. The van der Waals surface area contributed by atoms with Crippen molar-refractivity contribution < 1.29 is 24.2 Å². The molecule has 6 heteroatoms. The van der Waals surface area contributed by atoms with Gasteiger partial charge in [0, 0.05) is 16.7 Å².